The van der Waals surface area contributed by atoms with Gasteiger partial charge in [0.15, 0.2) is 0 Å². The van der Waals surface area contributed by atoms with Crippen molar-refractivity contribution in [3.63, 3.8) is 0 Å². The second-order valence-corrected chi connectivity index (χ2v) is 5.07. The van der Waals surface area contributed by atoms with Crippen molar-refractivity contribution in [3.8, 4) is 0 Å². The van der Waals surface area contributed by atoms with Gasteiger partial charge in [-0.15, -0.1) is 36.2 Å². The summed E-state index contributed by atoms with van der Waals surface area (Å²) in [6.07, 6.45) is 4.08. The van der Waals surface area contributed by atoms with Gasteiger partial charge in [0, 0.05) is 23.5 Å². The average Bonchev–Trinajstić information content (AvgIpc) is 2.71. The number of nitrogens with two attached hydrogens (primary N) is 1. The molecule has 1 heterocycles. The molecule has 106 valence electrons. The maximum Gasteiger partial charge on any atom is 0.220 e. The minimum absolute atomic E-state index is 0. The van der Waals surface area contributed by atoms with E-state index in [1.165, 1.54) is 4.88 Å². The van der Waals surface area contributed by atoms with Crippen molar-refractivity contribution < 1.29 is 4.79 Å². The number of carbonyl (C=O) groups is 1. The van der Waals surface area contributed by atoms with Crippen molar-refractivity contribution in [2.75, 3.05) is 0 Å². The zero-order valence-corrected chi connectivity index (χ0v) is 13.1. The van der Waals surface area contributed by atoms with Gasteiger partial charge in [0.05, 0.1) is 6.54 Å². The van der Waals surface area contributed by atoms with Crippen LogP contribution in [0.5, 0.6) is 0 Å². The summed E-state index contributed by atoms with van der Waals surface area (Å²) < 4.78 is 0. The third-order valence-electron chi connectivity index (χ3n) is 2.21. The first-order valence-corrected chi connectivity index (χ1v) is 6.39. The second-order valence-electron chi connectivity index (χ2n) is 3.87. The van der Waals surface area contributed by atoms with Gasteiger partial charge in [-0.25, -0.2) is 4.98 Å². The van der Waals surface area contributed by atoms with E-state index >= 15 is 0 Å². The molecule has 0 fully saturated rings. The minimum atomic E-state index is 0. The van der Waals surface area contributed by atoms with Crippen molar-refractivity contribution in [3.05, 3.63) is 16.1 Å². The van der Waals surface area contributed by atoms with E-state index in [2.05, 4.69) is 17.2 Å². The van der Waals surface area contributed by atoms with Crippen LogP contribution in [0.15, 0.2) is 6.20 Å². The van der Waals surface area contributed by atoms with E-state index in [4.69, 9.17) is 5.73 Å². The number of aryl methyl sites for hydroxylation is 1. The Morgan fingerprint density at radius 1 is 1.56 bits per heavy atom. The lowest BCUT2D eigenvalue weighted by Gasteiger charge is -2.05. The Morgan fingerprint density at radius 3 is 2.72 bits per heavy atom. The molecular formula is C11H21Cl2N3OS. The summed E-state index contributed by atoms with van der Waals surface area (Å²) in [5.74, 6) is 0.0468. The molecule has 1 amide bonds. The Kier molecular flexibility index (Phi) is 11.7. The highest BCUT2D eigenvalue weighted by atomic mass is 35.5. The summed E-state index contributed by atoms with van der Waals surface area (Å²) in [4.78, 5) is 16.9. The predicted molar refractivity (Wildman–Crippen MR) is 80.7 cm³/mol. The van der Waals surface area contributed by atoms with Gasteiger partial charge >= 0.3 is 0 Å². The number of amides is 1. The van der Waals surface area contributed by atoms with E-state index in [9.17, 15) is 4.79 Å². The average molecular weight is 314 g/mol. The summed E-state index contributed by atoms with van der Waals surface area (Å²) in [7, 11) is 0. The molecule has 0 spiro atoms. The van der Waals surface area contributed by atoms with Gasteiger partial charge in [0.1, 0.15) is 5.01 Å². The van der Waals surface area contributed by atoms with E-state index in [1.54, 1.807) is 11.3 Å². The molecule has 18 heavy (non-hydrogen) atoms. The van der Waals surface area contributed by atoms with E-state index in [-0.39, 0.29) is 36.8 Å². The van der Waals surface area contributed by atoms with E-state index in [0.717, 1.165) is 17.8 Å². The highest BCUT2D eigenvalue weighted by Crippen LogP contribution is 2.12. The van der Waals surface area contributed by atoms with Crippen molar-refractivity contribution in [1.82, 2.24) is 10.3 Å². The molecule has 1 rings (SSSR count). The van der Waals surface area contributed by atoms with Gasteiger partial charge in [-0.2, -0.15) is 0 Å². The molecule has 1 atom stereocenters. The van der Waals surface area contributed by atoms with Crippen LogP contribution in [0.4, 0.5) is 0 Å². The molecule has 1 aromatic heterocycles. The lowest BCUT2D eigenvalue weighted by molar-refractivity contribution is -0.121. The molecule has 0 aliphatic carbocycles. The molecular weight excluding hydrogens is 293 g/mol. The van der Waals surface area contributed by atoms with Gasteiger partial charge in [-0.05, 0) is 19.8 Å². The number of rotatable bonds is 6. The van der Waals surface area contributed by atoms with Crippen LogP contribution in [0.3, 0.4) is 0 Å². The summed E-state index contributed by atoms with van der Waals surface area (Å²) in [5.41, 5.74) is 5.58. The smallest absolute Gasteiger partial charge is 0.220 e. The van der Waals surface area contributed by atoms with Crippen LogP contribution in [0.25, 0.3) is 0 Å². The molecule has 1 aromatic rings. The first kappa shape index (κ1) is 20.0. The third kappa shape index (κ3) is 7.87. The number of nitrogens with one attached hydrogen (secondary N) is 1. The number of aromatic nitrogens is 1. The highest BCUT2D eigenvalue weighted by Gasteiger charge is 2.05. The number of halogens is 2. The Balaban J connectivity index is 0. The van der Waals surface area contributed by atoms with E-state index < -0.39 is 0 Å². The SMILES string of the molecule is CCc1cnc(CNC(=O)CCC(C)N)s1.Cl.Cl. The lowest BCUT2D eigenvalue weighted by Crippen LogP contribution is -2.25. The fraction of sp³-hybridized carbons (Fsp3) is 0.636. The third-order valence-corrected chi connectivity index (χ3v) is 3.36. The Bertz CT molecular complexity index is 345. The number of thiazole rings is 1. The number of nitrogens with zero attached hydrogens (tertiary/aromatic N) is 1. The monoisotopic (exact) mass is 313 g/mol. The molecule has 0 aliphatic rings. The van der Waals surface area contributed by atoms with Crippen LogP contribution in [0.2, 0.25) is 0 Å². The Hall–Kier alpha value is -0.360. The van der Waals surface area contributed by atoms with Gasteiger partial charge in [0.2, 0.25) is 5.91 Å². The first-order valence-electron chi connectivity index (χ1n) is 5.57. The maximum atomic E-state index is 11.4. The van der Waals surface area contributed by atoms with Crippen LogP contribution < -0.4 is 11.1 Å². The minimum Gasteiger partial charge on any atom is -0.350 e. The molecule has 0 bridgehead atoms. The van der Waals surface area contributed by atoms with Crippen molar-refractivity contribution in [2.45, 2.75) is 45.7 Å². The topological polar surface area (TPSA) is 68.0 Å². The molecule has 0 aliphatic heterocycles. The fourth-order valence-corrected chi connectivity index (χ4v) is 2.02. The maximum absolute atomic E-state index is 11.4. The molecule has 4 nitrogen and oxygen atoms in total. The van der Waals surface area contributed by atoms with Gasteiger partial charge in [-0.3, -0.25) is 4.79 Å². The normalized spacial score (nSPS) is 11.1. The fourth-order valence-electron chi connectivity index (χ4n) is 1.21. The Morgan fingerprint density at radius 2 is 2.22 bits per heavy atom. The predicted octanol–water partition coefficient (Wildman–Crippen LogP) is 2.29. The number of hydrogen-bond acceptors (Lipinski definition) is 4. The molecule has 0 radical (unpaired) electrons. The number of hydrogen-bond donors (Lipinski definition) is 2. The van der Waals surface area contributed by atoms with Crippen LogP contribution in [-0.4, -0.2) is 16.9 Å². The molecule has 1 unspecified atom stereocenters. The molecule has 0 saturated carbocycles. The molecule has 3 N–H and O–H groups in total. The van der Waals surface area contributed by atoms with E-state index in [0.29, 0.717) is 13.0 Å². The molecule has 0 saturated heterocycles. The standard InChI is InChI=1S/C11H19N3OS.2ClH/c1-3-9-6-14-11(16-9)7-13-10(15)5-4-8(2)12;;/h6,8H,3-5,7,12H2,1-2H3,(H,13,15);2*1H. The van der Waals surface area contributed by atoms with Crippen LogP contribution >= 0.6 is 36.2 Å². The van der Waals surface area contributed by atoms with E-state index in [1.807, 2.05) is 13.1 Å². The van der Waals surface area contributed by atoms with Crippen LogP contribution in [0, 0.1) is 0 Å². The van der Waals surface area contributed by atoms with Crippen LogP contribution in [-0.2, 0) is 17.8 Å². The van der Waals surface area contributed by atoms with Crippen molar-refractivity contribution in [2.24, 2.45) is 5.73 Å². The van der Waals surface area contributed by atoms with Crippen molar-refractivity contribution >= 4 is 42.1 Å². The van der Waals surface area contributed by atoms with Gasteiger partial charge < -0.3 is 11.1 Å². The zero-order valence-electron chi connectivity index (χ0n) is 10.6. The number of carbonyl (C=O) groups excluding carboxylic acids is 1. The van der Waals surface area contributed by atoms with Crippen molar-refractivity contribution in [1.29, 1.82) is 0 Å². The summed E-state index contributed by atoms with van der Waals surface area (Å²) in [6, 6.07) is 0.0808. The van der Waals surface area contributed by atoms with Gasteiger partial charge in [0.25, 0.3) is 0 Å². The van der Waals surface area contributed by atoms with Gasteiger partial charge in [-0.1, -0.05) is 6.92 Å². The lowest BCUT2D eigenvalue weighted by atomic mass is 10.2. The van der Waals surface area contributed by atoms with Crippen LogP contribution in [0.1, 0.15) is 36.6 Å². The largest absolute Gasteiger partial charge is 0.350 e. The zero-order chi connectivity index (χ0) is 12.0. The first-order chi connectivity index (χ1) is 7.61. The Labute approximate surface area is 125 Å². The summed E-state index contributed by atoms with van der Waals surface area (Å²) in [5, 5.41) is 3.81. The highest BCUT2D eigenvalue weighted by molar-refractivity contribution is 7.11. The quantitative estimate of drug-likeness (QED) is 0.846. The molecule has 0 aromatic carbocycles. The summed E-state index contributed by atoms with van der Waals surface area (Å²) in [6.45, 7) is 4.53. The summed E-state index contributed by atoms with van der Waals surface area (Å²) >= 11 is 1.65. The second kappa shape index (κ2) is 10.6. The molecule has 7 heteroatoms.